The summed E-state index contributed by atoms with van der Waals surface area (Å²) >= 11 is 0. The van der Waals surface area contributed by atoms with Gasteiger partial charge in [-0.3, -0.25) is 0 Å². The molecule has 0 radical (unpaired) electrons. The van der Waals surface area contributed by atoms with Crippen LogP contribution in [0.5, 0.6) is 28.7 Å². The number of phenols is 3. The van der Waals surface area contributed by atoms with Crippen LogP contribution in [0.1, 0.15) is 33.4 Å². The Kier molecular flexibility index (Phi) is 6.35. The number of phenolic OH excluding ortho intramolecular Hbond substituents is 3. The van der Waals surface area contributed by atoms with Crippen molar-refractivity contribution in [1.29, 1.82) is 0 Å². The fourth-order valence-corrected chi connectivity index (χ4v) is 4.28. The third-order valence-electron chi connectivity index (χ3n) is 6.62. The number of para-hydroxylation sites is 2. The van der Waals surface area contributed by atoms with Gasteiger partial charge < -0.3 is 25.0 Å². The van der Waals surface area contributed by atoms with Gasteiger partial charge >= 0.3 is 0 Å². The maximum Gasteiger partial charge on any atom is 0.151 e. The number of benzene rings is 4. The van der Waals surface area contributed by atoms with Crippen molar-refractivity contribution in [2.24, 2.45) is 0 Å². The zero-order chi connectivity index (χ0) is 25.4. The molecule has 0 aliphatic rings. The zero-order valence-corrected chi connectivity index (χ0v) is 21.0. The van der Waals surface area contributed by atoms with Crippen molar-refractivity contribution >= 4 is 17.1 Å². The molecule has 0 aliphatic carbocycles. The number of nitrogens with zero attached hydrogens (tertiary/aromatic N) is 1. The lowest BCUT2D eigenvalue weighted by Gasteiger charge is -2.31. The van der Waals surface area contributed by atoms with Crippen LogP contribution in [-0.4, -0.2) is 15.3 Å². The van der Waals surface area contributed by atoms with Crippen molar-refractivity contribution in [2.45, 2.75) is 41.5 Å². The third-order valence-corrected chi connectivity index (χ3v) is 6.62. The van der Waals surface area contributed by atoms with E-state index in [1.807, 2.05) is 95.0 Å². The molecule has 4 aromatic rings. The highest BCUT2D eigenvalue weighted by Gasteiger charge is 2.24. The summed E-state index contributed by atoms with van der Waals surface area (Å²) in [5.74, 6) is 1.70. The first-order chi connectivity index (χ1) is 16.6. The van der Waals surface area contributed by atoms with Crippen molar-refractivity contribution in [1.82, 2.24) is 0 Å². The number of hydrogen-bond acceptors (Lipinski definition) is 5. The Bertz CT molecular complexity index is 1370. The molecule has 5 nitrogen and oxygen atoms in total. The molecular weight excluding hydrogens is 438 g/mol. The van der Waals surface area contributed by atoms with Gasteiger partial charge in [-0.2, -0.15) is 0 Å². The minimum atomic E-state index is 0.135. The normalized spacial score (nSPS) is 10.9. The Hall–Kier alpha value is -4.12. The van der Waals surface area contributed by atoms with Crippen LogP contribution in [-0.2, 0) is 0 Å². The van der Waals surface area contributed by atoms with Crippen LogP contribution in [0, 0.1) is 41.5 Å². The topological polar surface area (TPSA) is 73.2 Å². The first-order valence-electron chi connectivity index (χ1n) is 11.6. The predicted octanol–water partition coefficient (Wildman–Crippen LogP) is 7.92. The monoisotopic (exact) mass is 469 g/mol. The summed E-state index contributed by atoms with van der Waals surface area (Å²) in [5.41, 5.74) is 7.09. The second-order valence-electron chi connectivity index (χ2n) is 9.04. The van der Waals surface area contributed by atoms with Gasteiger partial charge in [-0.05, 0) is 94.1 Å². The van der Waals surface area contributed by atoms with Crippen molar-refractivity contribution in [3.05, 3.63) is 94.0 Å². The maximum absolute atomic E-state index is 10.8. The first kappa shape index (κ1) is 24.0. The minimum Gasteiger partial charge on any atom is -0.508 e. The fraction of sp³-hybridized carbons (Fsp3) is 0.200. The molecule has 0 aliphatic heterocycles. The van der Waals surface area contributed by atoms with Gasteiger partial charge in [0.2, 0.25) is 0 Å². The first-order valence-corrected chi connectivity index (χ1v) is 11.6. The summed E-state index contributed by atoms with van der Waals surface area (Å²) in [6.07, 6.45) is 0. The second-order valence-corrected chi connectivity index (χ2v) is 9.04. The highest BCUT2D eigenvalue weighted by Crippen LogP contribution is 2.47. The van der Waals surface area contributed by atoms with E-state index in [9.17, 15) is 15.3 Å². The Labute approximate surface area is 206 Å². The molecule has 4 aromatic carbocycles. The molecule has 35 heavy (non-hydrogen) atoms. The number of rotatable bonds is 5. The van der Waals surface area contributed by atoms with Gasteiger partial charge in [0.25, 0.3) is 0 Å². The zero-order valence-electron chi connectivity index (χ0n) is 21.0. The smallest absolute Gasteiger partial charge is 0.151 e. The number of aryl methyl sites for hydroxylation is 3. The highest BCUT2D eigenvalue weighted by atomic mass is 16.5. The summed E-state index contributed by atoms with van der Waals surface area (Å²) < 4.78 is 6.39. The molecule has 0 aromatic heterocycles. The largest absolute Gasteiger partial charge is 0.508 e. The van der Waals surface area contributed by atoms with E-state index in [-0.39, 0.29) is 17.2 Å². The van der Waals surface area contributed by atoms with Crippen LogP contribution in [0.25, 0.3) is 0 Å². The second kappa shape index (κ2) is 9.26. The van der Waals surface area contributed by atoms with Gasteiger partial charge in [0.1, 0.15) is 23.0 Å². The molecule has 180 valence electrons. The van der Waals surface area contributed by atoms with Crippen LogP contribution in [0.15, 0.2) is 60.7 Å². The molecule has 0 amide bonds. The van der Waals surface area contributed by atoms with E-state index >= 15 is 0 Å². The lowest BCUT2D eigenvalue weighted by Crippen LogP contribution is -2.14. The van der Waals surface area contributed by atoms with Gasteiger partial charge in [0.05, 0.1) is 17.1 Å². The number of aromatic hydroxyl groups is 3. The molecule has 5 heteroatoms. The van der Waals surface area contributed by atoms with E-state index in [2.05, 4.69) is 0 Å². The summed E-state index contributed by atoms with van der Waals surface area (Å²) in [7, 11) is 0. The molecule has 0 atom stereocenters. The Morgan fingerprint density at radius 3 is 1.66 bits per heavy atom. The average Bonchev–Trinajstić information content (AvgIpc) is 2.83. The molecule has 0 fully saturated rings. The van der Waals surface area contributed by atoms with E-state index in [0.717, 1.165) is 39.3 Å². The lowest BCUT2D eigenvalue weighted by atomic mass is 10.0. The van der Waals surface area contributed by atoms with Gasteiger partial charge in [0.15, 0.2) is 5.75 Å². The van der Waals surface area contributed by atoms with E-state index < -0.39 is 0 Å². The van der Waals surface area contributed by atoms with Gasteiger partial charge in [0, 0.05) is 17.2 Å². The van der Waals surface area contributed by atoms with E-state index in [4.69, 9.17) is 4.74 Å². The van der Waals surface area contributed by atoms with Crippen LogP contribution in [0.3, 0.4) is 0 Å². The van der Waals surface area contributed by atoms with Crippen molar-refractivity contribution in [3.63, 3.8) is 0 Å². The van der Waals surface area contributed by atoms with Crippen LogP contribution in [0.4, 0.5) is 17.1 Å². The fourth-order valence-electron chi connectivity index (χ4n) is 4.28. The SMILES string of the molecule is Cc1cc(O)cc(Oc2ccccc2N(c2ccc(C)c(O)c2C)c2ccc(C)c(O)c2C)c1C. The van der Waals surface area contributed by atoms with Gasteiger partial charge in [-0.25, -0.2) is 0 Å². The molecule has 0 heterocycles. The van der Waals surface area contributed by atoms with E-state index in [1.165, 1.54) is 0 Å². The molecule has 3 N–H and O–H groups in total. The third kappa shape index (κ3) is 4.37. The van der Waals surface area contributed by atoms with Crippen LogP contribution in [0.2, 0.25) is 0 Å². The van der Waals surface area contributed by atoms with Crippen molar-refractivity contribution in [3.8, 4) is 28.7 Å². The van der Waals surface area contributed by atoms with Crippen molar-refractivity contribution in [2.75, 3.05) is 4.90 Å². The van der Waals surface area contributed by atoms with Gasteiger partial charge in [-0.15, -0.1) is 0 Å². The molecular formula is C30H31NO4. The molecule has 0 unspecified atom stereocenters. The molecule has 4 rings (SSSR count). The quantitative estimate of drug-likeness (QED) is 0.277. The Balaban J connectivity index is 1.98. The van der Waals surface area contributed by atoms with Crippen LogP contribution < -0.4 is 9.64 Å². The maximum atomic E-state index is 10.8. The summed E-state index contributed by atoms with van der Waals surface area (Å²) in [6, 6.07) is 18.6. The van der Waals surface area contributed by atoms with Crippen molar-refractivity contribution < 1.29 is 20.1 Å². The number of ether oxygens (including phenoxy) is 1. The standard InChI is InChI=1S/C30H31NO4/c1-17-11-13-24(21(5)29(17)33)31(25-14-12-18(2)30(34)22(25)6)26-9-7-8-10-27(26)35-28-16-23(32)15-19(3)20(28)4/h7-16,32-34H,1-6H3. The predicted molar refractivity (Wildman–Crippen MR) is 141 cm³/mol. The molecule has 0 saturated carbocycles. The van der Waals surface area contributed by atoms with Crippen LogP contribution >= 0.6 is 0 Å². The summed E-state index contributed by atoms with van der Waals surface area (Å²) in [6.45, 7) is 11.4. The number of anilines is 3. The Morgan fingerprint density at radius 2 is 1.09 bits per heavy atom. The number of hydrogen-bond donors (Lipinski definition) is 3. The highest BCUT2D eigenvalue weighted by molar-refractivity contribution is 5.85. The molecule has 0 spiro atoms. The lowest BCUT2D eigenvalue weighted by molar-refractivity contribution is 0.452. The molecule has 0 bridgehead atoms. The van der Waals surface area contributed by atoms with E-state index in [1.54, 1.807) is 12.1 Å². The van der Waals surface area contributed by atoms with Gasteiger partial charge in [-0.1, -0.05) is 24.3 Å². The van der Waals surface area contributed by atoms with E-state index in [0.29, 0.717) is 22.6 Å². The Morgan fingerprint density at radius 1 is 0.543 bits per heavy atom. The molecule has 0 saturated heterocycles. The minimum absolute atomic E-state index is 0.135. The summed E-state index contributed by atoms with van der Waals surface area (Å²) in [5, 5.41) is 31.7. The summed E-state index contributed by atoms with van der Waals surface area (Å²) in [4.78, 5) is 1.99. The average molecular weight is 470 g/mol.